The largest absolute Gasteiger partial charge is 0.476 e. The van der Waals surface area contributed by atoms with Gasteiger partial charge in [0.1, 0.15) is 5.75 Å². The van der Waals surface area contributed by atoms with Gasteiger partial charge in [-0.1, -0.05) is 46.9 Å². The van der Waals surface area contributed by atoms with Crippen molar-refractivity contribution >= 4 is 62.1 Å². The smallest absolute Gasteiger partial charge is 0.267 e. The molecule has 0 saturated heterocycles. The predicted molar refractivity (Wildman–Crippen MR) is 103 cm³/mol. The number of hydrogen-bond donors (Lipinski definition) is 1. The second-order valence-electron chi connectivity index (χ2n) is 5.60. The Bertz CT molecular complexity index is 981. The van der Waals surface area contributed by atoms with E-state index >= 15 is 0 Å². The zero-order valence-corrected chi connectivity index (χ0v) is 16.5. The molecule has 1 aliphatic rings. The number of anilines is 2. The van der Waals surface area contributed by atoms with Gasteiger partial charge in [0.25, 0.3) is 5.91 Å². The Morgan fingerprint density at radius 2 is 1.81 bits per heavy atom. The van der Waals surface area contributed by atoms with Crippen LogP contribution in [0.25, 0.3) is 0 Å². The topological polar surface area (TPSA) is 75.7 Å². The number of halogens is 3. The third-order valence-electron chi connectivity index (χ3n) is 3.70. The van der Waals surface area contributed by atoms with Gasteiger partial charge >= 0.3 is 0 Å². The maximum Gasteiger partial charge on any atom is 0.267 e. The van der Waals surface area contributed by atoms with Crippen LogP contribution in [-0.2, 0) is 14.8 Å². The van der Waals surface area contributed by atoms with Crippen LogP contribution in [0.1, 0.15) is 0 Å². The van der Waals surface area contributed by atoms with E-state index in [1.54, 1.807) is 24.3 Å². The van der Waals surface area contributed by atoms with Crippen LogP contribution in [0.2, 0.25) is 15.1 Å². The maximum absolute atomic E-state index is 12.6. The summed E-state index contributed by atoms with van der Waals surface area (Å²) in [7, 11) is -3.59. The molecule has 0 saturated carbocycles. The zero-order valence-electron chi connectivity index (χ0n) is 13.4. The predicted octanol–water partition coefficient (Wildman–Crippen LogP) is 3.81. The van der Waals surface area contributed by atoms with E-state index in [-0.39, 0.29) is 27.3 Å². The number of carbonyl (C=O) groups excluding carboxylic acids is 1. The number of hydrogen-bond acceptors (Lipinski definition) is 4. The minimum atomic E-state index is -3.59. The Labute approximate surface area is 165 Å². The first-order valence-corrected chi connectivity index (χ1v) is 10.3. The molecule has 2 aromatic carbocycles. The van der Waals surface area contributed by atoms with Gasteiger partial charge in [-0.15, -0.1) is 0 Å². The van der Waals surface area contributed by atoms with Crippen LogP contribution in [0.15, 0.2) is 36.4 Å². The lowest BCUT2D eigenvalue weighted by Gasteiger charge is -2.33. The monoisotopic (exact) mass is 434 g/mol. The molecule has 0 bridgehead atoms. The summed E-state index contributed by atoms with van der Waals surface area (Å²) < 4.78 is 31.0. The van der Waals surface area contributed by atoms with Crippen LogP contribution < -0.4 is 14.4 Å². The molecule has 1 heterocycles. The Morgan fingerprint density at radius 3 is 2.50 bits per heavy atom. The van der Waals surface area contributed by atoms with Gasteiger partial charge in [-0.25, -0.2) is 8.42 Å². The number of rotatable bonds is 3. The number of fused-ring (bicyclic) bond motifs is 1. The van der Waals surface area contributed by atoms with Crippen molar-refractivity contribution in [3.05, 3.63) is 51.5 Å². The molecular formula is C16H13Cl3N2O4S. The molecule has 1 N–H and O–H groups in total. The normalized spacial score (nSPS) is 16.6. The van der Waals surface area contributed by atoms with E-state index in [9.17, 15) is 13.2 Å². The molecule has 0 aromatic heterocycles. The fourth-order valence-corrected chi connectivity index (χ4v) is 3.99. The lowest BCUT2D eigenvalue weighted by Crippen LogP contribution is -2.48. The number of benzene rings is 2. The van der Waals surface area contributed by atoms with E-state index in [1.165, 1.54) is 12.1 Å². The second kappa shape index (κ2) is 7.15. The first-order valence-electron chi connectivity index (χ1n) is 7.35. The molecule has 6 nitrogen and oxygen atoms in total. The van der Waals surface area contributed by atoms with Gasteiger partial charge in [0.2, 0.25) is 10.0 Å². The third kappa shape index (κ3) is 3.86. The molecule has 0 fully saturated rings. The first-order chi connectivity index (χ1) is 12.2. The number of nitrogens with one attached hydrogen (secondary N) is 1. The molecule has 2 aromatic rings. The summed E-state index contributed by atoms with van der Waals surface area (Å²) in [6, 6.07) is 9.40. The van der Waals surface area contributed by atoms with Gasteiger partial charge in [-0.05, 0) is 24.3 Å². The van der Waals surface area contributed by atoms with Crippen molar-refractivity contribution in [3.63, 3.8) is 0 Å². The average molecular weight is 436 g/mol. The molecule has 0 aliphatic carbocycles. The molecule has 1 aliphatic heterocycles. The van der Waals surface area contributed by atoms with Crippen LogP contribution in [0.3, 0.4) is 0 Å². The van der Waals surface area contributed by atoms with Crippen molar-refractivity contribution in [1.29, 1.82) is 0 Å². The number of amides is 1. The third-order valence-corrected chi connectivity index (χ3v) is 5.88. The van der Waals surface area contributed by atoms with E-state index in [0.29, 0.717) is 11.4 Å². The van der Waals surface area contributed by atoms with Gasteiger partial charge in [-0.2, -0.15) is 0 Å². The van der Waals surface area contributed by atoms with Crippen molar-refractivity contribution in [2.45, 2.75) is 6.10 Å². The Kier molecular flexibility index (Phi) is 5.25. The maximum atomic E-state index is 12.6. The van der Waals surface area contributed by atoms with E-state index in [1.807, 2.05) is 0 Å². The molecule has 1 unspecified atom stereocenters. The van der Waals surface area contributed by atoms with E-state index in [4.69, 9.17) is 39.5 Å². The number of sulfonamides is 1. The summed E-state index contributed by atoms with van der Waals surface area (Å²) in [5.41, 5.74) is 0.631. The summed E-state index contributed by atoms with van der Waals surface area (Å²) in [4.78, 5) is 12.6. The van der Waals surface area contributed by atoms with Crippen molar-refractivity contribution in [1.82, 2.24) is 0 Å². The zero-order chi connectivity index (χ0) is 19.1. The summed E-state index contributed by atoms with van der Waals surface area (Å²) in [6.45, 7) is -0.166. The van der Waals surface area contributed by atoms with Gasteiger partial charge in [0.05, 0.1) is 39.2 Å². The molecule has 1 amide bonds. The highest BCUT2D eigenvalue weighted by atomic mass is 35.5. The van der Waals surface area contributed by atoms with Gasteiger partial charge in [0.15, 0.2) is 6.10 Å². The van der Waals surface area contributed by atoms with Crippen LogP contribution >= 0.6 is 34.8 Å². The van der Waals surface area contributed by atoms with Gasteiger partial charge in [-0.3, -0.25) is 9.10 Å². The molecule has 0 spiro atoms. The highest BCUT2D eigenvalue weighted by molar-refractivity contribution is 7.92. The van der Waals surface area contributed by atoms with E-state index in [0.717, 1.165) is 10.6 Å². The summed E-state index contributed by atoms with van der Waals surface area (Å²) >= 11 is 17.9. The Hall–Kier alpha value is -1.67. The van der Waals surface area contributed by atoms with Gasteiger partial charge in [0, 0.05) is 0 Å². The lowest BCUT2D eigenvalue weighted by atomic mass is 10.2. The van der Waals surface area contributed by atoms with Crippen LogP contribution in [0.4, 0.5) is 11.4 Å². The SMILES string of the molecule is CS(=O)(=O)N1CC(C(=O)Nc2cc(Cl)c(Cl)cc2Cl)Oc2ccccc21. The lowest BCUT2D eigenvalue weighted by molar-refractivity contribution is -0.122. The molecular weight excluding hydrogens is 423 g/mol. The Balaban J connectivity index is 1.88. The van der Waals surface area contributed by atoms with Crippen molar-refractivity contribution in [3.8, 4) is 5.75 Å². The second-order valence-corrected chi connectivity index (χ2v) is 8.73. The standard InChI is InChI=1S/C16H13Cl3N2O4S/c1-26(23,24)21-8-15(25-14-5-3-2-4-13(14)21)16(22)20-12-7-10(18)9(17)6-11(12)19/h2-7,15H,8H2,1H3,(H,20,22). The Morgan fingerprint density at radius 1 is 1.15 bits per heavy atom. The average Bonchev–Trinajstić information content (AvgIpc) is 2.57. The van der Waals surface area contributed by atoms with Crippen molar-refractivity contribution < 1.29 is 17.9 Å². The summed E-state index contributed by atoms with van der Waals surface area (Å²) in [5, 5.41) is 3.26. The van der Waals surface area contributed by atoms with Crippen LogP contribution in [-0.4, -0.2) is 33.2 Å². The number of nitrogens with zero attached hydrogens (tertiary/aromatic N) is 1. The number of para-hydroxylation sites is 2. The van der Waals surface area contributed by atoms with Crippen LogP contribution in [0.5, 0.6) is 5.75 Å². The summed E-state index contributed by atoms with van der Waals surface area (Å²) in [5.74, 6) is -0.266. The van der Waals surface area contributed by atoms with E-state index in [2.05, 4.69) is 5.32 Å². The molecule has 1 atom stereocenters. The van der Waals surface area contributed by atoms with Crippen molar-refractivity contribution in [2.75, 3.05) is 22.4 Å². The number of ether oxygens (including phenoxy) is 1. The fourth-order valence-electron chi connectivity index (χ4n) is 2.48. The summed E-state index contributed by atoms with van der Waals surface area (Å²) in [6.07, 6.45) is 0.00467. The highest BCUT2D eigenvalue weighted by Gasteiger charge is 2.35. The van der Waals surface area contributed by atoms with Crippen molar-refractivity contribution in [2.24, 2.45) is 0 Å². The molecule has 138 valence electrons. The minimum Gasteiger partial charge on any atom is -0.476 e. The molecule has 26 heavy (non-hydrogen) atoms. The van der Waals surface area contributed by atoms with Crippen LogP contribution in [0, 0.1) is 0 Å². The molecule has 10 heteroatoms. The molecule has 3 rings (SSSR count). The number of carbonyl (C=O) groups is 1. The first kappa shape index (κ1) is 19.1. The van der Waals surface area contributed by atoms with E-state index < -0.39 is 22.0 Å². The quantitative estimate of drug-likeness (QED) is 0.744. The molecule has 0 radical (unpaired) electrons. The minimum absolute atomic E-state index is 0.166. The highest BCUT2D eigenvalue weighted by Crippen LogP contribution is 2.36. The fraction of sp³-hybridized carbons (Fsp3) is 0.188. The van der Waals surface area contributed by atoms with Gasteiger partial charge < -0.3 is 10.1 Å².